The highest BCUT2D eigenvalue weighted by Crippen LogP contribution is 2.19. The molecule has 2 heterocycles. The Morgan fingerprint density at radius 2 is 1.96 bits per heavy atom. The SMILES string of the molecule is CCCc1cc(-n2ccc(C(=O)O)n2)nc(-c2ccc(F)cc2)n1. The first-order valence-corrected chi connectivity index (χ1v) is 7.50. The second-order valence-electron chi connectivity index (χ2n) is 5.25. The molecule has 3 aromatic rings. The van der Waals surface area contributed by atoms with E-state index in [0.717, 1.165) is 18.5 Å². The molecule has 24 heavy (non-hydrogen) atoms. The van der Waals surface area contributed by atoms with Crippen LogP contribution >= 0.6 is 0 Å². The molecular weight excluding hydrogens is 311 g/mol. The van der Waals surface area contributed by atoms with Crippen molar-refractivity contribution < 1.29 is 14.3 Å². The third kappa shape index (κ3) is 3.29. The van der Waals surface area contributed by atoms with Gasteiger partial charge in [-0.25, -0.2) is 23.8 Å². The number of carbonyl (C=O) groups is 1. The van der Waals surface area contributed by atoms with E-state index < -0.39 is 5.97 Å². The van der Waals surface area contributed by atoms with Crippen molar-refractivity contribution in [2.75, 3.05) is 0 Å². The number of hydrogen-bond acceptors (Lipinski definition) is 4. The Balaban J connectivity index is 2.08. The number of carboxylic acids is 1. The number of aromatic nitrogens is 4. The zero-order valence-corrected chi connectivity index (χ0v) is 13.0. The van der Waals surface area contributed by atoms with Gasteiger partial charge in [-0.1, -0.05) is 13.3 Å². The van der Waals surface area contributed by atoms with Crippen molar-refractivity contribution in [2.24, 2.45) is 0 Å². The van der Waals surface area contributed by atoms with Crippen LogP contribution in [0.25, 0.3) is 17.2 Å². The molecule has 1 N–H and O–H groups in total. The van der Waals surface area contributed by atoms with E-state index in [2.05, 4.69) is 15.1 Å². The summed E-state index contributed by atoms with van der Waals surface area (Å²) in [7, 11) is 0. The summed E-state index contributed by atoms with van der Waals surface area (Å²) in [5, 5.41) is 13.0. The smallest absolute Gasteiger partial charge is 0.356 e. The lowest BCUT2D eigenvalue weighted by Crippen LogP contribution is -2.06. The molecule has 0 fully saturated rings. The number of benzene rings is 1. The molecule has 0 aliphatic rings. The third-order valence-electron chi connectivity index (χ3n) is 3.42. The molecule has 6 nitrogen and oxygen atoms in total. The van der Waals surface area contributed by atoms with Gasteiger partial charge in [-0.2, -0.15) is 5.10 Å². The van der Waals surface area contributed by atoms with Gasteiger partial charge in [0.15, 0.2) is 17.3 Å². The lowest BCUT2D eigenvalue weighted by atomic mass is 10.2. The molecule has 0 bridgehead atoms. The van der Waals surface area contributed by atoms with Crippen LogP contribution < -0.4 is 0 Å². The van der Waals surface area contributed by atoms with Crippen LogP contribution in [-0.2, 0) is 6.42 Å². The molecule has 0 amide bonds. The Morgan fingerprint density at radius 3 is 2.58 bits per heavy atom. The summed E-state index contributed by atoms with van der Waals surface area (Å²) in [4.78, 5) is 19.9. The van der Waals surface area contributed by atoms with E-state index in [9.17, 15) is 9.18 Å². The fraction of sp³-hybridized carbons (Fsp3) is 0.176. The van der Waals surface area contributed by atoms with Gasteiger partial charge >= 0.3 is 5.97 Å². The van der Waals surface area contributed by atoms with Crippen LogP contribution in [0, 0.1) is 5.82 Å². The highest BCUT2D eigenvalue weighted by molar-refractivity contribution is 5.85. The quantitative estimate of drug-likeness (QED) is 0.779. The fourth-order valence-electron chi connectivity index (χ4n) is 2.28. The number of halogens is 1. The average Bonchev–Trinajstić information content (AvgIpc) is 3.06. The van der Waals surface area contributed by atoms with Crippen LogP contribution in [0.1, 0.15) is 29.5 Å². The van der Waals surface area contributed by atoms with E-state index in [4.69, 9.17) is 5.11 Å². The minimum atomic E-state index is -1.10. The second kappa shape index (κ2) is 6.57. The number of hydrogen-bond donors (Lipinski definition) is 1. The van der Waals surface area contributed by atoms with E-state index in [1.807, 2.05) is 6.92 Å². The molecule has 0 spiro atoms. The van der Waals surface area contributed by atoms with E-state index in [-0.39, 0.29) is 11.5 Å². The third-order valence-corrected chi connectivity index (χ3v) is 3.42. The molecule has 0 unspecified atom stereocenters. The predicted molar refractivity (Wildman–Crippen MR) is 85.5 cm³/mol. The van der Waals surface area contributed by atoms with Crippen molar-refractivity contribution >= 4 is 5.97 Å². The van der Waals surface area contributed by atoms with Crippen LogP contribution in [-0.4, -0.2) is 30.8 Å². The topological polar surface area (TPSA) is 80.9 Å². The van der Waals surface area contributed by atoms with Crippen molar-refractivity contribution in [3.63, 3.8) is 0 Å². The first-order valence-electron chi connectivity index (χ1n) is 7.50. The summed E-state index contributed by atoms with van der Waals surface area (Å²) < 4.78 is 14.5. The zero-order chi connectivity index (χ0) is 17.1. The Morgan fingerprint density at radius 1 is 1.21 bits per heavy atom. The molecule has 3 rings (SSSR count). The van der Waals surface area contributed by atoms with Crippen LogP contribution in [0.3, 0.4) is 0 Å². The van der Waals surface area contributed by atoms with Gasteiger partial charge in [-0.15, -0.1) is 0 Å². The Hall–Kier alpha value is -3.09. The molecule has 0 saturated carbocycles. The summed E-state index contributed by atoms with van der Waals surface area (Å²) >= 11 is 0. The molecular formula is C17H15FN4O2. The van der Waals surface area contributed by atoms with Crippen LogP contribution in [0.4, 0.5) is 4.39 Å². The lowest BCUT2D eigenvalue weighted by Gasteiger charge is -2.08. The Kier molecular flexibility index (Phi) is 4.33. The largest absolute Gasteiger partial charge is 0.476 e. The van der Waals surface area contributed by atoms with Gasteiger partial charge in [0.2, 0.25) is 0 Å². The predicted octanol–water partition coefficient (Wildman–Crippen LogP) is 3.12. The maximum absolute atomic E-state index is 13.1. The number of aryl methyl sites for hydroxylation is 1. The molecule has 122 valence electrons. The fourth-order valence-corrected chi connectivity index (χ4v) is 2.28. The van der Waals surface area contributed by atoms with Crippen LogP contribution in [0.15, 0.2) is 42.6 Å². The van der Waals surface area contributed by atoms with Crippen LogP contribution in [0.5, 0.6) is 0 Å². The van der Waals surface area contributed by atoms with Crippen molar-refractivity contribution in [3.8, 4) is 17.2 Å². The van der Waals surface area contributed by atoms with E-state index in [0.29, 0.717) is 17.2 Å². The molecule has 0 aliphatic carbocycles. The molecule has 0 saturated heterocycles. The molecule has 7 heteroatoms. The second-order valence-corrected chi connectivity index (χ2v) is 5.25. The van der Waals surface area contributed by atoms with Gasteiger partial charge in [-0.05, 0) is 36.8 Å². The standard InChI is InChI=1S/C17H15FN4O2/c1-2-3-13-10-15(22-9-8-14(21-22)17(23)24)20-16(19-13)11-4-6-12(18)7-5-11/h4-10H,2-3H2,1H3,(H,23,24). The zero-order valence-electron chi connectivity index (χ0n) is 13.0. The highest BCUT2D eigenvalue weighted by atomic mass is 19.1. The van der Waals surface area contributed by atoms with Gasteiger partial charge in [0.05, 0.1) is 0 Å². The van der Waals surface area contributed by atoms with Gasteiger partial charge in [0.25, 0.3) is 0 Å². The van der Waals surface area contributed by atoms with Gasteiger partial charge < -0.3 is 5.11 Å². The monoisotopic (exact) mass is 326 g/mol. The van der Waals surface area contributed by atoms with Crippen molar-refractivity contribution in [1.29, 1.82) is 0 Å². The summed E-state index contributed by atoms with van der Waals surface area (Å²) in [6.07, 6.45) is 3.19. The average molecular weight is 326 g/mol. The molecule has 1 aromatic carbocycles. The van der Waals surface area contributed by atoms with Gasteiger partial charge in [0, 0.05) is 23.5 Å². The maximum Gasteiger partial charge on any atom is 0.356 e. The summed E-state index contributed by atoms with van der Waals surface area (Å²) in [6, 6.07) is 9.09. The maximum atomic E-state index is 13.1. The summed E-state index contributed by atoms with van der Waals surface area (Å²) in [6.45, 7) is 2.04. The van der Waals surface area contributed by atoms with Crippen molar-refractivity contribution in [2.45, 2.75) is 19.8 Å². The van der Waals surface area contributed by atoms with Crippen molar-refractivity contribution in [1.82, 2.24) is 19.7 Å². The van der Waals surface area contributed by atoms with E-state index in [1.54, 1.807) is 18.2 Å². The first-order chi connectivity index (χ1) is 11.6. The first kappa shape index (κ1) is 15.8. The summed E-state index contributed by atoms with van der Waals surface area (Å²) in [5.74, 6) is -0.513. The number of rotatable bonds is 5. The Bertz CT molecular complexity index is 875. The van der Waals surface area contributed by atoms with Crippen molar-refractivity contribution in [3.05, 3.63) is 59.8 Å². The number of nitrogens with zero attached hydrogens (tertiary/aromatic N) is 4. The van der Waals surface area contributed by atoms with Gasteiger partial charge in [-0.3, -0.25) is 0 Å². The molecule has 2 aromatic heterocycles. The summed E-state index contributed by atoms with van der Waals surface area (Å²) in [5.41, 5.74) is 1.43. The van der Waals surface area contributed by atoms with Crippen LogP contribution in [0.2, 0.25) is 0 Å². The van der Waals surface area contributed by atoms with E-state index in [1.165, 1.54) is 29.1 Å². The molecule has 0 atom stereocenters. The lowest BCUT2D eigenvalue weighted by molar-refractivity contribution is 0.0690. The molecule has 0 aliphatic heterocycles. The minimum Gasteiger partial charge on any atom is -0.476 e. The van der Waals surface area contributed by atoms with Gasteiger partial charge in [0.1, 0.15) is 5.82 Å². The Labute approximate surface area is 137 Å². The van der Waals surface area contributed by atoms with E-state index >= 15 is 0 Å². The number of carboxylic acid groups (broad SMARTS) is 1. The minimum absolute atomic E-state index is 0.0611. The highest BCUT2D eigenvalue weighted by Gasteiger charge is 2.12. The number of aromatic carboxylic acids is 1. The normalized spacial score (nSPS) is 10.8. The molecule has 0 radical (unpaired) electrons.